The van der Waals surface area contributed by atoms with Crippen molar-refractivity contribution in [2.75, 3.05) is 11.9 Å². The summed E-state index contributed by atoms with van der Waals surface area (Å²) in [7, 11) is 0. The third-order valence-electron chi connectivity index (χ3n) is 1.72. The molecule has 2 rings (SSSR count). The van der Waals surface area contributed by atoms with Gasteiger partial charge in [0.1, 0.15) is 4.60 Å². The molecule has 0 spiro atoms. The van der Waals surface area contributed by atoms with Crippen LogP contribution in [-0.4, -0.2) is 11.5 Å². The zero-order valence-electron chi connectivity index (χ0n) is 6.01. The van der Waals surface area contributed by atoms with Gasteiger partial charge in [0.25, 0.3) is 0 Å². The average Bonchev–Trinajstić information content (AvgIpc) is 2.72. The molecule has 4 heteroatoms. The number of rotatable bonds is 3. The number of hydrogen-bond acceptors (Lipinski definition) is 3. The fourth-order valence-corrected chi connectivity index (χ4v) is 2.04. The second-order valence-corrected chi connectivity index (χ2v) is 4.47. The Morgan fingerprint density at radius 3 is 3.09 bits per heavy atom. The summed E-state index contributed by atoms with van der Waals surface area (Å²) < 4.78 is 0.931. The largest absolute Gasteiger partial charge is 0.361 e. The molecule has 1 heterocycles. The molecule has 60 valence electrons. The van der Waals surface area contributed by atoms with E-state index in [4.69, 9.17) is 0 Å². The topological polar surface area (TPSA) is 24.9 Å². The van der Waals surface area contributed by atoms with Gasteiger partial charge in [0.15, 0.2) is 5.13 Å². The molecule has 1 aliphatic carbocycles. The van der Waals surface area contributed by atoms with Crippen LogP contribution in [-0.2, 0) is 0 Å². The third kappa shape index (κ3) is 2.17. The zero-order chi connectivity index (χ0) is 7.68. The maximum absolute atomic E-state index is 4.23. The van der Waals surface area contributed by atoms with Gasteiger partial charge in [-0.15, -0.1) is 11.3 Å². The number of aromatic nitrogens is 1. The summed E-state index contributed by atoms with van der Waals surface area (Å²) in [5.41, 5.74) is 0. The summed E-state index contributed by atoms with van der Waals surface area (Å²) in [5.74, 6) is 0.915. The van der Waals surface area contributed by atoms with Crippen molar-refractivity contribution in [2.45, 2.75) is 12.8 Å². The van der Waals surface area contributed by atoms with Crippen molar-refractivity contribution in [3.05, 3.63) is 9.98 Å². The van der Waals surface area contributed by atoms with Crippen LogP contribution in [0.5, 0.6) is 0 Å². The molecule has 1 saturated carbocycles. The van der Waals surface area contributed by atoms with E-state index in [9.17, 15) is 0 Å². The lowest BCUT2D eigenvalue weighted by atomic mass is 10.4. The Kier molecular flexibility index (Phi) is 2.13. The number of hydrogen-bond donors (Lipinski definition) is 1. The fraction of sp³-hybridized carbons (Fsp3) is 0.571. The van der Waals surface area contributed by atoms with Gasteiger partial charge in [0.05, 0.1) is 0 Å². The van der Waals surface area contributed by atoms with E-state index < -0.39 is 0 Å². The quantitative estimate of drug-likeness (QED) is 0.868. The molecule has 0 bridgehead atoms. The predicted molar refractivity (Wildman–Crippen MR) is 51.0 cm³/mol. The first-order chi connectivity index (χ1) is 5.34. The molecule has 2 nitrogen and oxygen atoms in total. The van der Waals surface area contributed by atoms with Gasteiger partial charge >= 0.3 is 0 Å². The van der Waals surface area contributed by atoms with E-state index in [1.165, 1.54) is 12.8 Å². The smallest absolute Gasteiger partial charge is 0.183 e. The van der Waals surface area contributed by atoms with E-state index in [1.807, 2.05) is 5.38 Å². The number of halogens is 1. The van der Waals surface area contributed by atoms with E-state index in [2.05, 4.69) is 26.2 Å². The molecule has 1 aromatic rings. The predicted octanol–water partition coefficient (Wildman–Crippen LogP) is 2.73. The van der Waals surface area contributed by atoms with Crippen LogP contribution in [0.2, 0.25) is 0 Å². The highest BCUT2D eigenvalue weighted by Gasteiger charge is 2.20. The van der Waals surface area contributed by atoms with Crippen molar-refractivity contribution in [1.82, 2.24) is 4.98 Å². The molecule has 1 aliphatic rings. The molecule has 0 unspecified atom stereocenters. The minimum atomic E-state index is 0.915. The minimum absolute atomic E-state index is 0.915. The third-order valence-corrected chi connectivity index (χ3v) is 3.22. The lowest BCUT2D eigenvalue weighted by Gasteiger charge is -1.97. The van der Waals surface area contributed by atoms with Crippen LogP contribution in [0.25, 0.3) is 0 Å². The molecule has 1 N–H and O–H groups in total. The molecule has 1 fully saturated rings. The number of nitrogens with one attached hydrogen (secondary N) is 1. The minimum Gasteiger partial charge on any atom is -0.361 e. The molecule has 0 saturated heterocycles. The van der Waals surface area contributed by atoms with Crippen molar-refractivity contribution in [3.8, 4) is 0 Å². The Balaban J connectivity index is 1.85. The Morgan fingerprint density at radius 2 is 2.55 bits per heavy atom. The second kappa shape index (κ2) is 3.11. The van der Waals surface area contributed by atoms with E-state index in [0.717, 1.165) is 22.2 Å². The molecular weight excluding hydrogens is 224 g/mol. The van der Waals surface area contributed by atoms with Gasteiger partial charge in [-0.05, 0) is 34.7 Å². The van der Waals surface area contributed by atoms with Gasteiger partial charge in [0.2, 0.25) is 0 Å². The van der Waals surface area contributed by atoms with Gasteiger partial charge < -0.3 is 5.32 Å². The van der Waals surface area contributed by atoms with Gasteiger partial charge in [-0.1, -0.05) is 0 Å². The van der Waals surface area contributed by atoms with E-state index >= 15 is 0 Å². The normalized spacial score (nSPS) is 16.8. The van der Waals surface area contributed by atoms with Crippen LogP contribution in [0.1, 0.15) is 12.8 Å². The van der Waals surface area contributed by atoms with Gasteiger partial charge in [-0.25, -0.2) is 4.98 Å². The number of thiazole rings is 1. The highest BCUT2D eigenvalue weighted by atomic mass is 79.9. The van der Waals surface area contributed by atoms with E-state index in [-0.39, 0.29) is 0 Å². The zero-order valence-corrected chi connectivity index (χ0v) is 8.41. The van der Waals surface area contributed by atoms with Crippen LogP contribution < -0.4 is 5.32 Å². The number of anilines is 1. The average molecular weight is 233 g/mol. The molecule has 1 aromatic heterocycles. The first kappa shape index (κ1) is 7.55. The monoisotopic (exact) mass is 232 g/mol. The highest BCUT2D eigenvalue weighted by molar-refractivity contribution is 9.10. The first-order valence-corrected chi connectivity index (χ1v) is 5.37. The molecule has 0 atom stereocenters. The lowest BCUT2D eigenvalue weighted by Crippen LogP contribution is -2.02. The first-order valence-electron chi connectivity index (χ1n) is 3.69. The van der Waals surface area contributed by atoms with Gasteiger partial charge in [-0.3, -0.25) is 0 Å². The summed E-state index contributed by atoms with van der Waals surface area (Å²) in [5, 5.41) is 6.33. The molecule has 0 aromatic carbocycles. The summed E-state index contributed by atoms with van der Waals surface area (Å²) in [6, 6.07) is 0. The second-order valence-electron chi connectivity index (χ2n) is 2.80. The molecule has 11 heavy (non-hydrogen) atoms. The van der Waals surface area contributed by atoms with Crippen LogP contribution in [0, 0.1) is 5.92 Å². The van der Waals surface area contributed by atoms with Crippen LogP contribution in [0.3, 0.4) is 0 Å². The van der Waals surface area contributed by atoms with Gasteiger partial charge in [-0.2, -0.15) is 0 Å². The standard InChI is InChI=1S/C7H9BrN2S/c8-6-4-11-7(10-6)9-3-5-1-2-5/h4-5H,1-3H2,(H,9,10). The van der Waals surface area contributed by atoms with Crippen LogP contribution >= 0.6 is 27.3 Å². The Labute approximate surface area is 78.2 Å². The Hall–Kier alpha value is -0.0900. The van der Waals surface area contributed by atoms with Crippen LogP contribution in [0.4, 0.5) is 5.13 Å². The Bertz CT molecular complexity index is 244. The van der Waals surface area contributed by atoms with Crippen molar-refractivity contribution in [2.24, 2.45) is 5.92 Å². The number of nitrogens with zero attached hydrogens (tertiary/aromatic N) is 1. The Morgan fingerprint density at radius 1 is 1.73 bits per heavy atom. The van der Waals surface area contributed by atoms with Gasteiger partial charge in [0, 0.05) is 11.9 Å². The van der Waals surface area contributed by atoms with E-state index in [0.29, 0.717) is 0 Å². The van der Waals surface area contributed by atoms with Crippen molar-refractivity contribution >= 4 is 32.4 Å². The van der Waals surface area contributed by atoms with Crippen molar-refractivity contribution < 1.29 is 0 Å². The summed E-state index contributed by atoms with van der Waals surface area (Å²) in [6.07, 6.45) is 2.78. The molecular formula is C7H9BrN2S. The fourth-order valence-electron chi connectivity index (χ4n) is 0.889. The molecule has 0 radical (unpaired) electrons. The van der Waals surface area contributed by atoms with Crippen molar-refractivity contribution in [1.29, 1.82) is 0 Å². The van der Waals surface area contributed by atoms with Crippen molar-refractivity contribution in [3.63, 3.8) is 0 Å². The maximum Gasteiger partial charge on any atom is 0.183 e. The lowest BCUT2D eigenvalue weighted by molar-refractivity contribution is 0.887. The summed E-state index contributed by atoms with van der Waals surface area (Å²) >= 11 is 4.96. The SMILES string of the molecule is Brc1csc(NCC2CC2)n1. The molecule has 0 aliphatic heterocycles. The maximum atomic E-state index is 4.23. The summed E-state index contributed by atoms with van der Waals surface area (Å²) in [4.78, 5) is 4.23. The van der Waals surface area contributed by atoms with Crippen LogP contribution in [0.15, 0.2) is 9.98 Å². The molecule has 0 amide bonds. The summed E-state index contributed by atoms with van der Waals surface area (Å²) in [6.45, 7) is 1.10. The highest BCUT2D eigenvalue weighted by Crippen LogP contribution is 2.29. The van der Waals surface area contributed by atoms with E-state index in [1.54, 1.807) is 11.3 Å².